The van der Waals surface area contributed by atoms with Gasteiger partial charge in [-0.05, 0) is 19.4 Å². The monoisotopic (exact) mass is 294 g/mol. The van der Waals surface area contributed by atoms with Gasteiger partial charge in [-0.15, -0.1) is 0 Å². The summed E-state index contributed by atoms with van der Waals surface area (Å²) in [5, 5.41) is 3.37. The molecule has 2 aliphatic rings. The van der Waals surface area contributed by atoms with Crippen molar-refractivity contribution in [1.82, 2.24) is 19.8 Å². The van der Waals surface area contributed by atoms with Crippen molar-refractivity contribution < 1.29 is 9.47 Å². The summed E-state index contributed by atoms with van der Waals surface area (Å²) in [4.78, 5) is 6.86. The van der Waals surface area contributed by atoms with Crippen LogP contribution in [0.3, 0.4) is 0 Å². The first kappa shape index (κ1) is 15.0. The predicted molar refractivity (Wildman–Crippen MR) is 80.1 cm³/mol. The Bertz CT molecular complexity index is 437. The van der Waals surface area contributed by atoms with E-state index < -0.39 is 0 Å². The van der Waals surface area contributed by atoms with Crippen molar-refractivity contribution in [2.45, 2.75) is 38.1 Å². The number of methoxy groups -OCH3 is 1. The summed E-state index contributed by atoms with van der Waals surface area (Å²) in [7, 11) is 1.72. The lowest BCUT2D eigenvalue weighted by molar-refractivity contribution is -0.0554. The average molecular weight is 294 g/mol. The number of hydrogen-bond donors (Lipinski definition) is 1. The SMILES string of the molecule is COCCNCc1cncn1CC1CN2CCCC2CO1. The van der Waals surface area contributed by atoms with Crippen LogP contribution in [0.15, 0.2) is 12.5 Å². The third-order valence-electron chi connectivity index (χ3n) is 4.45. The molecule has 2 saturated heterocycles. The number of hydrogen-bond acceptors (Lipinski definition) is 5. The maximum atomic E-state index is 6.03. The molecule has 2 aliphatic heterocycles. The molecule has 0 aromatic carbocycles. The molecule has 21 heavy (non-hydrogen) atoms. The first-order chi connectivity index (χ1) is 10.4. The summed E-state index contributed by atoms with van der Waals surface area (Å²) in [6.07, 6.45) is 6.74. The standard InChI is InChI=1S/C15H26N4O2/c1-20-6-4-16-7-14-8-17-12-19(14)10-15-9-18-5-2-3-13(18)11-21-15/h8,12-13,15-16H,2-7,9-11H2,1H3. The fourth-order valence-corrected chi connectivity index (χ4v) is 3.27. The molecule has 0 bridgehead atoms. The molecule has 0 saturated carbocycles. The minimum Gasteiger partial charge on any atom is -0.383 e. The Morgan fingerprint density at radius 1 is 1.52 bits per heavy atom. The number of rotatable bonds is 7. The van der Waals surface area contributed by atoms with Crippen LogP contribution in [0, 0.1) is 0 Å². The Kier molecular flexibility index (Phi) is 5.24. The van der Waals surface area contributed by atoms with Crippen molar-refractivity contribution >= 4 is 0 Å². The van der Waals surface area contributed by atoms with Gasteiger partial charge in [-0.2, -0.15) is 0 Å². The minimum atomic E-state index is 0.284. The number of aromatic nitrogens is 2. The molecule has 0 spiro atoms. The maximum absolute atomic E-state index is 6.03. The van der Waals surface area contributed by atoms with Gasteiger partial charge < -0.3 is 19.4 Å². The highest BCUT2D eigenvalue weighted by Crippen LogP contribution is 2.23. The zero-order valence-corrected chi connectivity index (χ0v) is 12.8. The molecule has 1 aromatic rings. The topological polar surface area (TPSA) is 51.5 Å². The van der Waals surface area contributed by atoms with Crippen LogP contribution in [-0.2, 0) is 22.6 Å². The summed E-state index contributed by atoms with van der Waals surface area (Å²) >= 11 is 0. The summed E-state index contributed by atoms with van der Waals surface area (Å²) in [5.41, 5.74) is 1.21. The zero-order chi connectivity index (χ0) is 14.5. The van der Waals surface area contributed by atoms with Crippen molar-refractivity contribution in [2.24, 2.45) is 0 Å². The van der Waals surface area contributed by atoms with Gasteiger partial charge in [0, 0.05) is 39.0 Å². The van der Waals surface area contributed by atoms with Gasteiger partial charge in [0.2, 0.25) is 0 Å². The van der Waals surface area contributed by atoms with Crippen LogP contribution >= 0.6 is 0 Å². The second-order valence-corrected chi connectivity index (χ2v) is 5.95. The molecule has 6 nitrogen and oxygen atoms in total. The number of imidazole rings is 1. The van der Waals surface area contributed by atoms with E-state index >= 15 is 0 Å². The van der Waals surface area contributed by atoms with Crippen molar-refractivity contribution in [3.05, 3.63) is 18.2 Å². The number of nitrogens with zero attached hydrogens (tertiary/aromatic N) is 3. The van der Waals surface area contributed by atoms with E-state index in [1.807, 2.05) is 12.5 Å². The summed E-state index contributed by atoms with van der Waals surface area (Å²) < 4.78 is 13.3. The summed E-state index contributed by atoms with van der Waals surface area (Å²) in [6, 6.07) is 0.666. The molecule has 2 unspecified atom stereocenters. The molecule has 3 heterocycles. The van der Waals surface area contributed by atoms with Gasteiger partial charge in [0.05, 0.1) is 37.9 Å². The first-order valence-corrected chi connectivity index (χ1v) is 7.91. The number of nitrogens with one attached hydrogen (secondary N) is 1. The normalized spacial score (nSPS) is 26.1. The van der Waals surface area contributed by atoms with Crippen LogP contribution in [0.2, 0.25) is 0 Å². The van der Waals surface area contributed by atoms with Crippen LogP contribution < -0.4 is 5.32 Å². The highest BCUT2D eigenvalue weighted by molar-refractivity contribution is 4.99. The van der Waals surface area contributed by atoms with E-state index in [1.54, 1.807) is 7.11 Å². The van der Waals surface area contributed by atoms with E-state index in [0.29, 0.717) is 6.04 Å². The van der Waals surface area contributed by atoms with Crippen molar-refractivity contribution in [3.8, 4) is 0 Å². The van der Waals surface area contributed by atoms with E-state index in [-0.39, 0.29) is 6.10 Å². The zero-order valence-electron chi connectivity index (χ0n) is 12.8. The predicted octanol–water partition coefficient (Wildman–Crippen LogP) is 0.482. The Labute approximate surface area is 126 Å². The van der Waals surface area contributed by atoms with Gasteiger partial charge >= 0.3 is 0 Å². The lowest BCUT2D eigenvalue weighted by atomic mass is 10.2. The summed E-state index contributed by atoms with van der Waals surface area (Å²) in [6.45, 7) is 6.49. The molecule has 0 aliphatic carbocycles. The molecular formula is C15H26N4O2. The molecule has 2 fully saturated rings. The molecule has 0 amide bonds. The highest BCUT2D eigenvalue weighted by atomic mass is 16.5. The van der Waals surface area contributed by atoms with Gasteiger partial charge in [0.1, 0.15) is 0 Å². The highest BCUT2D eigenvalue weighted by Gasteiger charge is 2.32. The van der Waals surface area contributed by atoms with E-state index in [0.717, 1.165) is 39.4 Å². The van der Waals surface area contributed by atoms with Crippen molar-refractivity contribution in [1.29, 1.82) is 0 Å². The van der Waals surface area contributed by atoms with Crippen molar-refractivity contribution in [2.75, 3.05) is 40.0 Å². The Morgan fingerprint density at radius 2 is 2.48 bits per heavy atom. The Hall–Kier alpha value is -0.950. The number of morpholine rings is 1. The smallest absolute Gasteiger partial charge is 0.0949 e. The van der Waals surface area contributed by atoms with Crippen LogP contribution in [0.5, 0.6) is 0 Å². The third-order valence-corrected chi connectivity index (χ3v) is 4.45. The van der Waals surface area contributed by atoms with Crippen molar-refractivity contribution in [3.63, 3.8) is 0 Å². The minimum absolute atomic E-state index is 0.284. The van der Waals surface area contributed by atoms with E-state index in [1.165, 1.54) is 25.1 Å². The summed E-state index contributed by atoms with van der Waals surface area (Å²) in [5.74, 6) is 0. The first-order valence-electron chi connectivity index (χ1n) is 7.91. The molecule has 2 atom stereocenters. The van der Waals surface area contributed by atoms with Crippen LogP contribution in [0.4, 0.5) is 0 Å². The molecular weight excluding hydrogens is 268 g/mol. The van der Waals surface area contributed by atoms with Crippen LogP contribution in [-0.4, -0.2) is 66.6 Å². The van der Waals surface area contributed by atoms with E-state index in [9.17, 15) is 0 Å². The van der Waals surface area contributed by atoms with Crippen LogP contribution in [0.25, 0.3) is 0 Å². The van der Waals surface area contributed by atoms with Gasteiger partial charge in [0.15, 0.2) is 0 Å². The molecule has 1 N–H and O–H groups in total. The number of ether oxygens (including phenoxy) is 2. The fourth-order valence-electron chi connectivity index (χ4n) is 3.27. The third kappa shape index (κ3) is 3.83. The van der Waals surface area contributed by atoms with Crippen LogP contribution in [0.1, 0.15) is 18.5 Å². The quantitative estimate of drug-likeness (QED) is 0.742. The van der Waals surface area contributed by atoms with Gasteiger partial charge in [-0.25, -0.2) is 4.98 Å². The molecule has 6 heteroatoms. The fraction of sp³-hybridized carbons (Fsp3) is 0.800. The number of fused-ring (bicyclic) bond motifs is 1. The second-order valence-electron chi connectivity index (χ2n) is 5.95. The van der Waals surface area contributed by atoms with Gasteiger partial charge in [-0.3, -0.25) is 4.90 Å². The van der Waals surface area contributed by atoms with Gasteiger partial charge in [0.25, 0.3) is 0 Å². The second kappa shape index (κ2) is 7.35. The Balaban J connectivity index is 1.49. The molecule has 118 valence electrons. The molecule has 0 radical (unpaired) electrons. The molecule has 3 rings (SSSR count). The lowest BCUT2D eigenvalue weighted by Crippen LogP contribution is -2.47. The van der Waals surface area contributed by atoms with E-state index in [2.05, 4.69) is 19.8 Å². The maximum Gasteiger partial charge on any atom is 0.0949 e. The lowest BCUT2D eigenvalue weighted by Gasteiger charge is -2.35. The van der Waals surface area contributed by atoms with Gasteiger partial charge in [-0.1, -0.05) is 0 Å². The Morgan fingerprint density at radius 3 is 3.38 bits per heavy atom. The molecule has 1 aromatic heterocycles. The average Bonchev–Trinajstić information content (AvgIpc) is 3.12. The van der Waals surface area contributed by atoms with E-state index in [4.69, 9.17) is 9.47 Å². The largest absolute Gasteiger partial charge is 0.383 e.